The van der Waals surface area contributed by atoms with Gasteiger partial charge in [0, 0.05) is 5.69 Å². The number of aryl methyl sites for hydroxylation is 1. The highest BCUT2D eigenvalue weighted by Crippen LogP contribution is 2.03. The monoisotopic (exact) mass is 181 g/mol. The maximum atomic E-state index is 11.2. The average Bonchev–Trinajstić information content (AvgIpc) is 2.03. The molecule has 1 aromatic heterocycles. The third kappa shape index (κ3) is 2.40. The van der Waals surface area contributed by atoms with Crippen molar-refractivity contribution in [3.63, 3.8) is 0 Å². The summed E-state index contributed by atoms with van der Waals surface area (Å²) in [5.41, 5.74) is 6.21. The molecule has 1 heterocycles. The van der Waals surface area contributed by atoms with Crippen molar-refractivity contribution in [2.24, 2.45) is 0 Å². The quantitative estimate of drug-likeness (QED) is 0.674. The van der Waals surface area contributed by atoms with Gasteiger partial charge in [-0.1, -0.05) is 0 Å². The SMILES string of the molecule is CCOC(=O)c1cc(C)nc(N)n1. The molecule has 1 aromatic rings. The second-order valence-electron chi connectivity index (χ2n) is 2.47. The van der Waals surface area contributed by atoms with Gasteiger partial charge in [-0.05, 0) is 19.9 Å². The van der Waals surface area contributed by atoms with Crippen LogP contribution < -0.4 is 5.73 Å². The van der Waals surface area contributed by atoms with Gasteiger partial charge in [0.15, 0.2) is 5.69 Å². The minimum atomic E-state index is -0.472. The summed E-state index contributed by atoms with van der Waals surface area (Å²) in [5.74, 6) is -0.386. The number of carbonyl (C=O) groups excluding carboxylic acids is 1. The first-order chi connectivity index (χ1) is 6.13. The van der Waals surface area contributed by atoms with E-state index in [1.807, 2.05) is 0 Å². The van der Waals surface area contributed by atoms with Crippen LogP contribution in [-0.4, -0.2) is 22.5 Å². The number of hydrogen-bond acceptors (Lipinski definition) is 5. The van der Waals surface area contributed by atoms with Gasteiger partial charge in [0.25, 0.3) is 0 Å². The van der Waals surface area contributed by atoms with E-state index < -0.39 is 5.97 Å². The molecule has 0 aromatic carbocycles. The molecule has 5 nitrogen and oxygen atoms in total. The summed E-state index contributed by atoms with van der Waals surface area (Å²) in [6.45, 7) is 3.79. The van der Waals surface area contributed by atoms with Crippen LogP contribution in [0.15, 0.2) is 6.07 Å². The molecular weight excluding hydrogens is 170 g/mol. The van der Waals surface area contributed by atoms with Crippen molar-refractivity contribution in [2.45, 2.75) is 13.8 Å². The molecule has 5 heteroatoms. The fourth-order valence-corrected chi connectivity index (χ4v) is 0.901. The normalized spacial score (nSPS) is 9.69. The van der Waals surface area contributed by atoms with Crippen LogP contribution in [0.1, 0.15) is 23.1 Å². The molecule has 0 unspecified atom stereocenters. The molecule has 2 N–H and O–H groups in total. The van der Waals surface area contributed by atoms with E-state index >= 15 is 0 Å². The van der Waals surface area contributed by atoms with Crippen LogP contribution in [0.2, 0.25) is 0 Å². The van der Waals surface area contributed by atoms with E-state index in [9.17, 15) is 4.79 Å². The standard InChI is InChI=1S/C8H11N3O2/c1-3-13-7(12)6-4-5(2)10-8(9)11-6/h4H,3H2,1-2H3,(H2,9,10,11). The Labute approximate surface area is 75.9 Å². The number of anilines is 1. The van der Waals surface area contributed by atoms with Gasteiger partial charge >= 0.3 is 5.97 Å². The van der Waals surface area contributed by atoms with Gasteiger partial charge in [-0.3, -0.25) is 0 Å². The number of nitrogen functional groups attached to an aromatic ring is 1. The predicted octanol–water partition coefficient (Wildman–Crippen LogP) is 0.544. The second kappa shape index (κ2) is 3.84. The number of carbonyl (C=O) groups is 1. The van der Waals surface area contributed by atoms with Crippen LogP contribution in [0.3, 0.4) is 0 Å². The molecule has 1 rings (SSSR count). The molecule has 70 valence electrons. The lowest BCUT2D eigenvalue weighted by Crippen LogP contribution is -2.10. The maximum absolute atomic E-state index is 11.2. The van der Waals surface area contributed by atoms with Crippen LogP contribution >= 0.6 is 0 Å². The zero-order valence-corrected chi connectivity index (χ0v) is 7.57. The Bertz CT molecular complexity index is 305. The van der Waals surface area contributed by atoms with Crippen molar-refractivity contribution < 1.29 is 9.53 Å². The topological polar surface area (TPSA) is 78.1 Å². The van der Waals surface area contributed by atoms with E-state index in [0.717, 1.165) is 0 Å². The van der Waals surface area contributed by atoms with E-state index in [2.05, 4.69) is 9.97 Å². The van der Waals surface area contributed by atoms with E-state index in [4.69, 9.17) is 10.5 Å². The van der Waals surface area contributed by atoms with Gasteiger partial charge in [-0.2, -0.15) is 0 Å². The lowest BCUT2D eigenvalue weighted by atomic mass is 10.3. The molecule has 0 spiro atoms. The van der Waals surface area contributed by atoms with Gasteiger partial charge in [0.2, 0.25) is 5.95 Å². The van der Waals surface area contributed by atoms with Crippen molar-refractivity contribution in [1.82, 2.24) is 9.97 Å². The Morgan fingerprint density at radius 1 is 1.62 bits per heavy atom. The zero-order valence-electron chi connectivity index (χ0n) is 7.57. The first-order valence-corrected chi connectivity index (χ1v) is 3.91. The molecule has 0 fully saturated rings. The average molecular weight is 181 g/mol. The van der Waals surface area contributed by atoms with Gasteiger partial charge in [-0.15, -0.1) is 0 Å². The largest absolute Gasteiger partial charge is 0.461 e. The molecule has 0 atom stereocenters. The first kappa shape index (κ1) is 9.44. The molecule has 0 aliphatic heterocycles. The summed E-state index contributed by atoms with van der Waals surface area (Å²) < 4.78 is 4.75. The van der Waals surface area contributed by atoms with Crippen molar-refractivity contribution in [2.75, 3.05) is 12.3 Å². The molecule has 0 aliphatic rings. The van der Waals surface area contributed by atoms with Crippen molar-refractivity contribution in [1.29, 1.82) is 0 Å². The van der Waals surface area contributed by atoms with E-state index in [0.29, 0.717) is 12.3 Å². The van der Waals surface area contributed by atoms with Crippen LogP contribution in [0.4, 0.5) is 5.95 Å². The van der Waals surface area contributed by atoms with Gasteiger partial charge < -0.3 is 10.5 Å². The van der Waals surface area contributed by atoms with Crippen LogP contribution in [0.25, 0.3) is 0 Å². The zero-order chi connectivity index (χ0) is 9.84. The third-order valence-corrected chi connectivity index (χ3v) is 1.36. The van der Waals surface area contributed by atoms with E-state index in [1.54, 1.807) is 13.8 Å². The molecule has 0 saturated heterocycles. The molecule has 13 heavy (non-hydrogen) atoms. The van der Waals surface area contributed by atoms with Crippen molar-refractivity contribution >= 4 is 11.9 Å². The number of nitrogens with zero attached hydrogens (tertiary/aromatic N) is 2. The molecule has 0 aliphatic carbocycles. The minimum absolute atomic E-state index is 0.0862. The van der Waals surface area contributed by atoms with Crippen molar-refractivity contribution in [3.8, 4) is 0 Å². The number of nitrogens with two attached hydrogens (primary N) is 1. The third-order valence-electron chi connectivity index (χ3n) is 1.36. The lowest BCUT2D eigenvalue weighted by molar-refractivity contribution is 0.0519. The minimum Gasteiger partial charge on any atom is -0.461 e. The number of rotatable bonds is 2. The summed E-state index contributed by atoms with van der Waals surface area (Å²) in [6, 6.07) is 1.54. The number of esters is 1. The van der Waals surface area contributed by atoms with Crippen molar-refractivity contribution in [3.05, 3.63) is 17.5 Å². The summed E-state index contributed by atoms with van der Waals surface area (Å²) >= 11 is 0. The Kier molecular flexibility index (Phi) is 2.79. The summed E-state index contributed by atoms with van der Waals surface area (Å²) in [6.07, 6.45) is 0. The molecule has 0 saturated carbocycles. The Morgan fingerprint density at radius 2 is 2.31 bits per heavy atom. The number of aromatic nitrogens is 2. The second-order valence-corrected chi connectivity index (χ2v) is 2.47. The fraction of sp³-hybridized carbons (Fsp3) is 0.375. The van der Waals surface area contributed by atoms with E-state index in [1.165, 1.54) is 6.07 Å². The molecule has 0 bridgehead atoms. The summed E-state index contributed by atoms with van der Waals surface area (Å²) in [4.78, 5) is 18.8. The Morgan fingerprint density at radius 3 is 2.85 bits per heavy atom. The number of hydrogen-bond donors (Lipinski definition) is 1. The molecule has 0 radical (unpaired) electrons. The number of ether oxygens (including phenoxy) is 1. The Balaban J connectivity index is 2.94. The van der Waals surface area contributed by atoms with Gasteiger partial charge in [0.1, 0.15) is 0 Å². The van der Waals surface area contributed by atoms with Crippen LogP contribution in [-0.2, 0) is 4.74 Å². The fourth-order valence-electron chi connectivity index (χ4n) is 0.901. The highest BCUT2D eigenvalue weighted by Gasteiger charge is 2.09. The highest BCUT2D eigenvalue weighted by atomic mass is 16.5. The van der Waals surface area contributed by atoms with Crippen LogP contribution in [0, 0.1) is 6.92 Å². The molecular formula is C8H11N3O2. The van der Waals surface area contributed by atoms with E-state index in [-0.39, 0.29) is 11.6 Å². The van der Waals surface area contributed by atoms with Gasteiger partial charge in [-0.25, -0.2) is 14.8 Å². The van der Waals surface area contributed by atoms with Gasteiger partial charge in [0.05, 0.1) is 6.61 Å². The Hall–Kier alpha value is -1.65. The first-order valence-electron chi connectivity index (χ1n) is 3.91. The lowest BCUT2D eigenvalue weighted by Gasteiger charge is -2.02. The predicted molar refractivity (Wildman–Crippen MR) is 47.1 cm³/mol. The highest BCUT2D eigenvalue weighted by molar-refractivity contribution is 5.87. The summed E-state index contributed by atoms with van der Waals surface area (Å²) in [5, 5.41) is 0. The maximum Gasteiger partial charge on any atom is 0.357 e. The molecule has 0 amide bonds. The summed E-state index contributed by atoms with van der Waals surface area (Å²) in [7, 11) is 0. The smallest absolute Gasteiger partial charge is 0.357 e. The van der Waals surface area contributed by atoms with Crippen LogP contribution in [0.5, 0.6) is 0 Å².